The molecule has 0 aliphatic carbocycles. The molecule has 1 aliphatic heterocycles. The van der Waals surface area contributed by atoms with Crippen LogP contribution in [0, 0.1) is 6.92 Å². The van der Waals surface area contributed by atoms with Gasteiger partial charge in [-0.05, 0) is 54.4 Å². The normalized spacial score (nSPS) is 16.8. The van der Waals surface area contributed by atoms with Crippen molar-refractivity contribution in [2.45, 2.75) is 37.3 Å². The number of rotatable bonds is 7. The Morgan fingerprint density at radius 3 is 2.49 bits per heavy atom. The smallest absolute Gasteiger partial charge is 0.407 e. The van der Waals surface area contributed by atoms with E-state index in [1.165, 1.54) is 17.0 Å². The van der Waals surface area contributed by atoms with Gasteiger partial charge >= 0.3 is 6.09 Å². The number of sulfonamides is 1. The van der Waals surface area contributed by atoms with Crippen molar-refractivity contribution in [1.29, 1.82) is 0 Å². The van der Waals surface area contributed by atoms with Crippen molar-refractivity contribution in [2.24, 2.45) is 5.10 Å². The number of ether oxygens (including phenoxy) is 1. The molecule has 0 spiro atoms. The number of para-hydroxylation sites is 1. The molecule has 2 N–H and O–H groups in total. The summed E-state index contributed by atoms with van der Waals surface area (Å²) in [5, 5.41) is 16.5. The first kappa shape index (κ1) is 26.2. The predicted octanol–water partition coefficient (Wildman–Crippen LogP) is 5.72. The molecule has 39 heavy (non-hydrogen) atoms. The first-order chi connectivity index (χ1) is 18.7. The molecule has 0 radical (unpaired) electrons. The molecule has 5 rings (SSSR count). The van der Waals surface area contributed by atoms with E-state index in [1.807, 2.05) is 68.4 Å². The Morgan fingerprint density at radius 2 is 1.72 bits per heavy atom. The van der Waals surface area contributed by atoms with Crippen molar-refractivity contribution in [1.82, 2.24) is 9.73 Å². The SMILES string of the molecule is Cc1ccc(S(=O)(=O)NN=C2CC(CN(C(=O)O)C(C)c3cccc4ccccc34)Oc3ccccc32)cc1. The number of hydrogen-bond acceptors (Lipinski definition) is 5. The summed E-state index contributed by atoms with van der Waals surface area (Å²) < 4.78 is 31.9. The zero-order valence-electron chi connectivity index (χ0n) is 21.6. The Kier molecular flexibility index (Phi) is 7.26. The van der Waals surface area contributed by atoms with E-state index in [9.17, 15) is 18.3 Å². The maximum atomic E-state index is 12.9. The minimum atomic E-state index is -3.89. The van der Waals surface area contributed by atoms with Gasteiger partial charge in [0.2, 0.25) is 0 Å². The number of nitrogens with one attached hydrogen (secondary N) is 1. The molecule has 0 fully saturated rings. The number of carbonyl (C=O) groups is 1. The Bertz CT molecular complexity index is 1650. The number of nitrogens with zero attached hydrogens (tertiary/aromatic N) is 2. The third-order valence-electron chi connectivity index (χ3n) is 6.93. The molecule has 1 heterocycles. The summed E-state index contributed by atoms with van der Waals surface area (Å²) in [6.07, 6.45) is -1.42. The van der Waals surface area contributed by atoms with Crippen LogP contribution in [0.15, 0.2) is 101 Å². The molecule has 4 aromatic carbocycles. The minimum Gasteiger partial charge on any atom is -0.487 e. The Labute approximate surface area is 227 Å². The van der Waals surface area contributed by atoms with Crippen LogP contribution in [0.2, 0.25) is 0 Å². The number of amides is 1. The maximum absolute atomic E-state index is 12.9. The molecule has 0 aromatic heterocycles. The zero-order valence-corrected chi connectivity index (χ0v) is 22.4. The van der Waals surface area contributed by atoms with Crippen LogP contribution in [0.25, 0.3) is 10.8 Å². The van der Waals surface area contributed by atoms with Crippen molar-refractivity contribution in [3.8, 4) is 5.75 Å². The number of hydrogen-bond donors (Lipinski definition) is 2. The van der Waals surface area contributed by atoms with Crippen LogP contribution >= 0.6 is 0 Å². The first-order valence-corrected chi connectivity index (χ1v) is 14.1. The summed E-state index contributed by atoms with van der Waals surface area (Å²) in [6.45, 7) is 3.81. The Hall–Kier alpha value is -4.37. The van der Waals surface area contributed by atoms with E-state index in [0.29, 0.717) is 17.0 Å². The third kappa shape index (κ3) is 5.58. The van der Waals surface area contributed by atoms with Gasteiger partial charge in [0.1, 0.15) is 11.9 Å². The van der Waals surface area contributed by atoms with Crippen molar-refractivity contribution < 1.29 is 23.1 Å². The molecule has 1 aliphatic rings. The highest BCUT2D eigenvalue weighted by molar-refractivity contribution is 7.89. The third-order valence-corrected chi connectivity index (χ3v) is 8.16. The lowest BCUT2D eigenvalue weighted by atomic mass is 9.97. The molecular weight excluding hydrogens is 514 g/mol. The summed E-state index contributed by atoms with van der Waals surface area (Å²) in [5.74, 6) is 0.519. The summed E-state index contributed by atoms with van der Waals surface area (Å²) >= 11 is 0. The van der Waals surface area contributed by atoms with Gasteiger partial charge in [0.25, 0.3) is 10.0 Å². The van der Waals surface area contributed by atoms with Gasteiger partial charge < -0.3 is 9.84 Å². The van der Waals surface area contributed by atoms with E-state index in [0.717, 1.165) is 21.9 Å². The van der Waals surface area contributed by atoms with E-state index in [-0.39, 0.29) is 17.9 Å². The predicted molar refractivity (Wildman–Crippen MR) is 151 cm³/mol. The van der Waals surface area contributed by atoms with E-state index in [4.69, 9.17) is 4.74 Å². The van der Waals surface area contributed by atoms with Crippen LogP contribution in [0.4, 0.5) is 4.79 Å². The number of hydrazone groups is 1. The van der Waals surface area contributed by atoms with E-state index in [2.05, 4.69) is 9.93 Å². The molecule has 2 atom stereocenters. The molecule has 8 nitrogen and oxygen atoms in total. The molecule has 9 heteroatoms. The molecule has 200 valence electrons. The lowest BCUT2D eigenvalue weighted by Crippen LogP contribution is -2.43. The van der Waals surface area contributed by atoms with Crippen LogP contribution in [-0.4, -0.2) is 42.9 Å². The number of benzene rings is 4. The van der Waals surface area contributed by atoms with Gasteiger partial charge in [-0.15, -0.1) is 0 Å². The summed E-state index contributed by atoms with van der Waals surface area (Å²) in [7, 11) is -3.89. The minimum absolute atomic E-state index is 0.0672. The van der Waals surface area contributed by atoms with Crippen molar-refractivity contribution in [3.05, 3.63) is 108 Å². The summed E-state index contributed by atoms with van der Waals surface area (Å²) in [5.41, 5.74) is 2.97. The second kappa shape index (κ2) is 10.8. The van der Waals surface area contributed by atoms with Gasteiger partial charge in [-0.25, -0.2) is 4.79 Å². The van der Waals surface area contributed by atoms with Crippen LogP contribution < -0.4 is 9.57 Å². The van der Waals surface area contributed by atoms with Crippen molar-refractivity contribution in [2.75, 3.05) is 6.54 Å². The van der Waals surface area contributed by atoms with Crippen LogP contribution in [0.1, 0.15) is 36.1 Å². The molecule has 0 saturated carbocycles. The Morgan fingerprint density at radius 1 is 1.03 bits per heavy atom. The average molecular weight is 544 g/mol. The van der Waals surface area contributed by atoms with Gasteiger partial charge in [0.05, 0.1) is 23.2 Å². The standard InChI is InChI=1S/C30H29N3O5S/c1-20-14-16-24(17-15-20)39(36,37)32-31-28-18-23(38-29-13-6-5-11-27(28)29)19-33(30(34)35)21(2)25-12-7-9-22-8-3-4-10-26(22)25/h3-17,21,23,32H,18-19H2,1-2H3,(H,34,35). The van der Waals surface area contributed by atoms with Gasteiger partial charge in [-0.3, -0.25) is 4.90 Å². The Balaban J connectivity index is 1.42. The lowest BCUT2D eigenvalue weighted by molar-refractivity contribution is 0.0908. The molecule has 1 amide bonds. The van der Waals surface area contributed by atoms with Crippen LogP contribution in [0.5, 0.6) is 5.75 Å². The molecule has 4 aromatic rings. The number of fused-ring (bicyclic) bond motifs is 2. The maximum Gasteiger partial charge on any atom is 0.407 e. The molecule has 2 unspecified atom stereocenters. The van der Waals surface area contributed by atoms with E-state index in [1.54, 1.807) is 24.3 Å². The van der Waals surface area contributed by atoms with Crippen LogP contribution in [0.3, 0.4) is 0 Å². The summed E-state index contributed by atoms with van der Waals surface area (Å²) in [6, 6.07) is 27.0. The fourth-order valence-corrected chi connectivity index (χ4v) is 5.68. The van der Waals surface area contributed by atoms with E-state index >= 15 is 0 Å². The highest BCUT2D eigenvalue weighted by Crippen LogP contribution is 2.32. The van der Waals surface area contributed by atoms with Gasteiger partial charge in [-0.2, -0.15) is 18.4 Å². The highest BCUT2D eigenvalue weighted by Gasteiger charge is 2.31. The fraction of sp³-hybridized carbons (Fsp3) is 0.200. The largest absolute Gasteiger partial charge is 0.487 e. The quantitative estimate of drug-likeness (QED) is 0.290. The second-order valence-corrected chi connectivity index (χ2v) is 11.2. The van der Waals surface area contributed by atoms with Gasteiger partial charge in [-0.1, -0.05) is 72.3 Å². The second-order valence-electron chi connectivity index (χ2n) is 9.59. The van der Waals surface area contributed by atoms with Crippen molar-refractivity contribution >= 4 is 32.6 Å². The lowest BCUT2D eigenvalue weighted by Gasteiger charge is -2.34. The molecular formula is C30H29N3O5S. The number of carboxylic acid groups (broad SMARTS) is 1. The van der Waals surface area contributed by atoms with Gasteiger partial charge in [0.15, 0.2) is 0 Å². The zero-order chi connectivity index (χ0) is 27.6. The van der Waals surface area contributed by atoms with Gasteiger partial charge in [0, 0.05) is 12.0 Å². The monoisotopic (exact) mass is 543 g/mol. The summed E-state index contributed by atoms with van der Waals surface area (Å²) in [4.78, 5) is 16.2. The first-order valence-electron chi connectivity index (χ1n) is 12.6. The highest BCUT2D eigenvalue weighted by atomic mass is 32.2. The van der Waals surface area contributed by atoms with Crippen molar-refractivity contribution in [3.63, 3.8) is 0 Å². The number of aryl methyl sites for hydroxylation is 1. The van der Waals surface area contributed by atoms with E-state index < -0.39 is 28.3 Å². The average Bonchev–Trinajstić information content (AvgIpc) is 2.94. The topological polar surface area (TPSA) is 108 Å². The fourth-order valence-electron chi connectivity index (χ4n) is 4.85. The van der Waals surface area contributed by atoms with Crippen LogP contribution in [-0.2, 0) is 10.0 Å². The molecule has 0 bridgehead atoms. The molecule has 0 saturated heterocycles.